The summed E-state index contributed by atoms with van der Waals surface area (Å²) >= 11 is 3.45. The van der Waals surface area contributed by atoms with E-state index in [-0.39, 0.29) is 0 Å². The number of nitrogens with one attached hydrogen (secondary N) is 1. The van der Waals surface area contributed by atoms with Crippen LogP contribution in [0.2, 0.25) is 0 Å². The molecule has 2 aromatic rings. The van der Waals surface area contributed by atoms with Gasteiger partial charge in [-0.15, -0.1) is 0 Å². The van der Waals surface area contributed by atoms with Crippen molar-refractivity contribution in [2.45, 2.75) is 13.3 Å². The molecule has 0 unspecified atom stereocenters. The Morgan fingerprint density at radius 3 is 2.93 bits per heavy atom. The molecule has 0 atom stereocenters. The quantitative estimate of drug-likeness (QED) is 0.872. The molecule has 0 bridgehead atoms. The summed E-state index contributed by atoms with van der Waals surface area (Å²) in [5.41, 5.74) is 2.36. The second kappa shape index (κ2) is 3.96. The zero-order valence-corrected chi connectivity index (χ0v) is 9.51. The second-order valence-corrected chi connectivity index (χ2v) is 4.24. The largest absolute Gasteiger partial charge is 0.346 e. The van der Waals surface area contributed by atoms with Gasteiger partial charge in [0.05, 0.1) is 0 Å². The van der Waals surface area contributed by atoms with Crippen LogP contribution in [0, 0.1) is 6.92 Å². The molecule has 1 N–H and O–H groups in total. The van der Waals surface area contributed by atoms with E-state index >= 15 is 0 Å². The van der Waals surface area contributed by atoms with Crippen molar-refractivity contribution in [2.75, 3.05) is 0 Å². The second-order valence-electron chi connectivity index (χ2n) is 3.32. The van der Waals surface area contributed by atoms with Crippen molar-refractivity contribution in [1.82, 2.24) is 9.97 Å². The van der Waals surface area contributed by atoms with E-state index in [1.807, 2.05) is 25.3 Å². The first-order valence-electron chi connectivity index (χ1n) is 4.49. The molecule has 3 heteroatoms. The summed E-state index contributed by atoms with van der Waals surface area (Å²) in [6.07, 6.45) is 2.71. The van der Waals surface area contributed by atoms with Gasteiger partial charge in [0.15, 0.2) is 0 Å². The summed E-state index contributed by atoms with van der Waals surface area (Å²) in [5.74, 6) is 1.01. The van der Waals surface area contributed by atoms with E-state index in [1.54, 1.807) is 0 Å². The molecule has 0 aliphatic heterocycles. The molecular weight excluding hydrogens is 240 g/mol. The third-order valence-corrected chi connectivity index (χ3v) is 2.51. The van der Waals surface area contributed by atoms with Crippen LogP contribution in [-0.2, 0) is 6.42 Å². The van der Waals surface area contributed by atoms with Gasteiger partial charge in [-0.3, -0.25) is 0 Å². The molecule has 72 valence electrons. The summed E-state index contributed by atoms with van der Waals surface area (Å²) < 4.78 is 1.11. The molecule has 0 saturated heterocycles. The van der Waals surface area contributed by atoms with Crippen LogP contribution in [0.15, 0.2) is 34.9 Å². The molecule has 0 aliphatic carbocycles. The fraction of sp³-hybridized carbons (Fsp3) is 0.182. The van der Waals surface area contributed by atoms with Gasteiger partial charge in [0.25, 0.3) is 0 Å². The zero-order chi connectivity index (χ0) is 9.97. The first-order chi connectivity index (χ1) is 6.74. The molecular formula is C11H11BrN2. The molecule has 2 nitrogen and oxygen atoms in total. The van der Waals surface area contributed by atoms with E-state index in [4.69, 9.17) is 0 Å². The maximum atomic E-state index is 4.27. The molecule has 1 heterocycles. The molecule has 2 rings (SSSR count). The summed E-state index contributed by atoms with van der Waals surface area (Å²) in [7, 11) is 0. The monoisotopic (exact) mass is 250 g/mol. The van der Waals surface area contributed by atoms with Gasteiger partial charge in [0.2, 0.25) is 0 Å². The van der Waals surface area contributed by atoms with Crippen LogP contribution in [0.4, 0.5) is 0 Å². The lowest BCUT2D eigenvalue weighted by Crippen LogP contribution is -1.90. The van der Waals surface area contributed by atoms with Gasteiger partial charge in [-0.05, 0) is 24.6 Å². The van der Waals surface area contributed by atoms with Crippen molar-refractivity contribution in [3.8, 4) is 0 Å². The van der Waals surface area contributed by atoms with Crippen LogP contribution in [0.5, 0.6) is 0 Å². The summed E-state index contributed by atoms with van der Waals surface area (Å²) in [6.45, 7) is 2.01. The number of halogens is 1. The lowest BCUT2D eigenvalue weighted by atomic mass is 10.1. The number of rotatable bonds is 2. The summed E-state index contributed by atoms with van der Waals surface area (Å²) in [4.78, 5) is 7.49. The summed E-state index contributed by atoms with van der Waals surface area (Å²) in [5, 5.41) is 0. The molecule has 0 spiro atoms. The lowest BCUT2D eigenvalue weighted by molar-refractivity contribution is 1.02. The number of hydrogen-bond donors (Lipinski definition) is 1. The van der Waals surface area contributed by atoms with E-state index in [0.29, 0.717) is 0 Å². The van der Waals surface area contributed by atoms with Crippen LogP contribution >= 0.6 is 15.9 Å². The number of benzene rings is 1. The Morgan fingerprint density at radius 1 is 1.43 bits per heavy atom. The van der Waals surface area contributed by atoms with E-state index < -0.39 is 0 Å². The van der Waals surface area contributed by atoms with Gasteiger partial charge in [0.1, 0.15) is 5.82 Å². The first-order valence-corrected chi connectivity index (χ1v) is 5.28. The molecule has 0 aliphatic rings. The van der Waals surface area contributed by atoms with Crippen LogP contribution in [0.3, 0.4) is 0 Å². The Kier molecular flexibility index (Phi) is 2.68. The number of imidazole rings is 1. The van der Waals surface area contributed by atoms with Crippen molar-refractivity contribution in [3.63, 3.8) is 0 Å². The molecule has 0 amide bonds. The Balaban J connectivity index is 2.18. The number of aromatic amines is 1. The van der Waals surface area contributed by atoms with Crippen LogP contribution in [0.25, 0.3) is 0 Å². The van der Waals surface area contributed by atoms with Gasteiger partial charge in [0, 0.05) is 22.8 Å². The highest BCUT2D eigenvalue weighted by Gasteiger charge is 1.99. The highest BCUT2D eigenvalue weighted by atomic mass is 79.9. The minimum atomic E-state index is 0.854. The van der Waals surface area contributed by atoms with Gasteiger partial charge in [-0.2, -0.15) is 0 Å². The molecule has 0 fully saturated rings. The molecule has 1 aromatic heterocycles. The minimum absolute atomic E-state index is 0.854. The average molecular weight is 251 g/mol. The van der Waals surface area contributed by atoms with Crippen LogP contribution in [0.1, 0.15) is 17.1 Å². The fourth-order valence-electron chi connectivity index (χ4n) is 1.40. The molecule has 14 heavy (non-hydrogen) atoms. The Labute approximate surface area is 91.5 Å². The highest BCUT2D eigenvalue weighted by Crippen LogP contribution is 2.13. The standard InChI is InChI=1S/C11H11BrN2/c1-8-7-13-11(14-8)6-9-3-2-4-10(12)5-9/h2-5,7H,6H2,1H3,(H,13,14). The Bertz CT molecular complexity index is 434. The minimum Gasteiger partial charge on any atom is -0.346 e. The molecule has 0 radical (unpaired) electrons. The number of aromatic nitrogens is 2. The highest BCUT2D eigenvalue weighted by molar-refractivity contribution is 9.10. The van der Waals surface area contributed by atoms with Crippen LogP contribution < -0.4 is 0 Å². The molecule has 0 saturated carbocycles. The molecule has 1 aromatic carbocycles. The van der Waals surface area contributed by atoms with Crippen molar-refractivity contribution in [3.05, 3.63) is 52.0 Å². The fourth-order valence-corrected chi connectivity index (χ4v) is 1.84. The van der Waals surface area contributed by atoms with Crippen molar-refractivity contribution >= 4 is 15.9 Å². The number of H-pyrrole nitrogens is 1. The van der Waals surface area contributed by atoms with E-state index in [1.165, 1.54) is 5.56 Å². The SMILES string of the molecule is Cc1cnc(Cc2cccc(Br)c2)[nH]1. The normalized spacial score (nSPS) is 10.4. The Hall–Kier alpha value is -1.09. The summed E-state index contributed by atoms with van der Waals surface area (Å²) in [6, 6.07) is 8.27. The van der Waals surface area contributed by atoms with Gasteiger partial charge in [-0.25, -0.2) is 4.98 Å². The number of hydrogen-bond acceptors (Lipinski definition) is 1. The topological polar surface area (TPSA) is 28.7 Å². The van der Waals surface area contributed by atoms with Gasteiger partial charge >= 0.3 is 0 Å². The van der Waals surface area contributed by atoms with E-state index in [0.717, 1.165) is 22.4 Å². The lowest BCUT2D eigenvalue weighted by Gasteiger charge is -1.98. The smallest absolute Gasteiger partial charge is 0.110 e. The van der Waals surface area contributed by atoms with Crippen molar-refractivity contribution in [1.29, 1.82) is 0 Å². The number of aryl methyl sites for hydroxylation is 1. The maximum absolute atomic E-state index is 4.27. The van der Waals surface area contributed by atoms with Crippen molar-refractivity contribution in [2.24, 2.45) is 0 Å². The van der Waals surface area contributed by atoms with Gasteiger partial charge in [-0.1, -0.05) is 28.1 Å². The third-order valence-electron chi connectivity index (χ3n) is 2.02. The predicted molar refractivity (Wildman–Crippen MR) is 60.3 cm³/mol. The average Bonchev–Trinajstić information content (AvgIpc) is 2.51. The maximum Gasteiger partial charge on any atom is 0.110 e. The number of nitrogens with zero attached hydrogens (tertiary/aromatic N) is 1. The van der Waals surface area contributed by atoms with E-state index in [9.17, 15) is 0 Å². The predicted octanol–water partition coefficient (Wildman–Crippen LogP) is 3.07. The first kappa shape index (κ1) is 9.46. The third kappa shape index (κ3) is 2.23. The van der Waals surface area contributed by atoms with Gasteiger partial charge < -0.3 is 4.98 Å². The zero-order valence-electron chi connectivity index (χ0n) is 7.92. The Morgan fingerprint density at radius 2 is 2.29 bits per heavy atom. The van der Waals surface area contributed by atoms with Crippen molar-refractivity contribution < 1.29 is 0 Å². The van der Waals surface area contributed by atoms with E-state index in [2.05, 4.69) is 38.0 Å². The van der Waals surface area contributed by atoms with Crippen LogP contribution in [-0.4, -0.2) is 9.97 Å².